The molecule has 2 aliphatic rings. The summed E-state index contributed by atoms with van der Waals surface area (Å²) in [6.45, 7) is 1.35. The van der Waals surface area contributed by atoms with Gasteiger partial charge in [-0.3, -0.25) is 4.79 Å². The molecular formula is C14H13NO3. The van der Waals surface area contributed by atoms with Gasteiger partial charge in [0.05, 0.1) is 0 Å². The Morgan fingerprint density at radius 3 is 2.06 bits per heavy atom. The fourth-order valence-corrected chi connectivity index (χ4v) is 1.76. The van der Waals surface area contributed by atoms with Gasteiger partial charge < -0.3 is 9.67 Å². The molecule has 1 aromatic rings. The Morgan fingerprint density at radius 1 is 1.17 bits per heavy atom. The van der Waals surface area contributed by atoms with Crippen molar-refractivity contribution in [2.75, 3.05) is 0 Å². The molecule has 18 heavy (non-hydrogen) atoms. The van der Waals surface area contributed by atoms with E-state index in [2.05, 4.69) is 24.3 Å². The standard InChI is InChI=1S/C8H9NO3.C6H4/c1-5(10)6-3-4-9(2)7(6)8(11)12;1-2-5-4-6(5)3-1/h3-4H,1-2H3,(H,11,12);1-4H. The second-order valence-electron chi connectivity index (χ2n) is 4.13. The predicted octanol–water partition coefficient (Wildman–Crippen LogP) is 2.59. The maximum atomic E-state index is 10.9. The minimum absolute atomic E-state index is 0.0440. The fraction of sp³-hybridized carbons (Fsp3) is 0.143. The summed E-state index contributed by atoms with van der Waals surface area (Å²) in [4.78, 5) is 21.5. The quantitative estimate of drug-likeness (QED) is 0.704. The van der Waals surface area contributed by atoms with E-state index < -0.39 is 5.97 Å². The predicted molar refractivity (Wildman–Crippen MR) is 67.8 cm³/mol. The molecule has 0 saturated carbocycles. The summed E-state index contributed by atoms with van der Waals surface area (Å²) in [5, 5.41) is 8.71. The van der Waals surface area contributed by atoms with Crippen LogP contribution in [0.2, 0.25) is 0 Å². The van der Waals surface area contributed by atoms with Crippen molar-refractivity contribution in [1.29, 1.82) is 0 Å². The van der Waals surface area contributed by atoms with Crippen LogP contribution in [0.3, 0.4) is 0 Å². The topological polar surface area (TPSA) is 59.3 Å². The molecule has 2 aliphatic carbocycles. The normalized spacial score (nSPS) is 10.3. The number of aryl methyl sites for hydroxylation is 1. The third-order valence-corrected chi connectivity index (χ3v) is 2.77. The number of carboxylic acid groups (broad SMARTS) is 1. The highest BCUT2D eigenvalue weighted by Crippen LogP contribution is 2.32. The van der Waals surface area contributed by atoms with Crippen LogP contribution >= 0.6 is 0 Å². The number of fused-ring (bicyclic) bond motifs is 1. The molecule has 0 bridgehead atoms. The number of benzene rings is 1. The Balaban J connectivity index is 0.000000164. The molecule has 1 N–H and O–H groups in total. The van der Waals surface area contributed by atoms with E-state index in [4.69, 9.17) is 5.11 Å². The molecule has 3 rings (SSSR count). The van der Waals surface area contributed by atoms with Crippen LogP contribution < -0.4 is 0 Å². The molecule has 1 aromatic heterocycles. The van der Waals surface area contributed by atoms with Gasteiger partial charge >= 0.3 is 5.97 Å². The minimum atomic E-state index is -1.08. The first-order valence-corrected chi connectivity index (χ1v) is 5.50. The van der Waals surface area contributed by atoms with Crippen molar-refractivity contribution in [1.82, 2.24) is 4.57 Å². The zero-order valence-corrected chi connectivity index (χ0v) is 10.2. The molecule has 0 amide bonds. The minimum Gasteiger partial charge on any atom is -0.477 e. The Bertz CT molecular complexity index is 608. The molecule has 4 nitrogen and oxygen atoms in total. The summed E-state index contributed by atoms with van der Waals surface area (Å²) >= 11 is 0. The van der Waals surface area contributed by atoms with Crippen molar-refractivity contribution in [2.45, 2.75) is 6.92 Å². The van der Waals surface area contributed by atoms with Gasteiger partial charge in [0.1, 0.15) is 5.69 Å². The molecule has 0 unspecified atom stereocenters. The number of rotatable bonds is 2. The molecule has 92 valence electrons. The summed E-state index contributed by atoms with van der Waals surface area (Å²) in [5.74, 6) is -1.30. The molecule has 0 radical (unpaired) electrons. The van der Waals surface area contributed by atoms with Crippen LogP contribution in [0.1, 0.15) is 27.8 Å². The third kappa shape index (κ3) is 2.32. The van der Waals surface area contributed by atoms with E-state index in [1.165, 1.54) is 28.7 Å². The van der Waals surface area contributed by atoms with Crippen molar-refractivity contribution in [3.05, 3.63) is 47.8 Å². The van der Waals surface area contributed by atoms with Gasteiger partial charge in [0.2, 0.25) is 0 Å². The fourth-order valence-electron chi connectivity index (χ4n) is 1.76. The van der Waals surface area contributed by atoms with Crippen LogP contribution in [0.5, 0.6) is 0 Å². The number of aromatic nitrogens is 1. The van der Waals surface area contributed by atoms with E-state index in [-0.39, 0.29) is 17.0 Å². The maximum absolute atomic E-state index is 10.9. The largest absolute Gasteiger partial charge is 0.477 e. The SMILES string of the molecule is CC(=O)c1ccn(C)c1C(=O)O.c1cc2cc-2c1. The number of carbonyl (C=O) groups excluding carboxylic acids is 1. The van der Waals surface area contributed by atoms with E-state index in [1.54, 1.807) is 13.2 Å². The highest BCUT2D eigenvalue weighted by molar-refractivity contribution is 6.04. The highest BCUT2D eigenvalue weighted by Gasteiger charge is 2.16. The lowest BCUT2D eigenvalue weighted by molar-refractivity contribution is 0.0682. The molecule has 1 heterocycles. The lowest BCUT2D eigenvalue weighted by Gasteiger charge is -1.98. The molecule has 0 fully saturated rings. The lowest BCUT2D eigenvalue weighted by Crippen LogP contribution is -2.08. The van der Waals surface area contributed by atoms with Gasteiger partial charge in [0.15, 0.2) is 5.78 Å². The Labute approximate surface area is 104 Å². The number of hydrogen-bond donors (Lipinski definition) is 1. The number of nitrogens with zero attached hydrogens (tertiary/aromatic N) is 1. The molecule has 0 aromatic carbocycles. The van der Waals surface area contributed by atoms with E-state index in [0.29, 0.717) is 0 Å². The lowest BCUT2D eigenvalue weighted by atomic mass is 10.2. The zero-order valence-electron chi connectivity index (χ0n) is 10.2. The van der Waals surface area contributed by atoms with Crippen LogP contribution in [0.15, 0.2) is 36.5 Å². The monoisotopic (exact) mass is 243 g/mol. The highest BCUT2D eigenvalue weighted by atomic mass is 16.4. The number of ketones is 1. The summed E-state index contributed by atoms with van der Waals surface area (Å²) < 4.78 is 1.42. The second kappa shape index (κ2) is 4.49. The van der Waals surface area contributed by atoms with E-state index >= 15 is 0 Å². The van der Waals surface area contributed by atoms with Gasteiger partial charge in [-0.2, -0.15) is 0 Å². The zero-order chi connectivity index (χ0) is 13.3. The average molecular weight is 243 g/mol. The molecule has 0 spiro atoms. The summed E-state index contributed by atoms with van der Waals surface area (Å²) in [6, 6.07) is 9.99. The van der Waals surface area contributed by atoms with Crippen LogP contribution in [0.4, 0.5) is 0 Å². The van der Waals surface area contributed by atoms with Gasteiger partial charge in [-0.1, -0.05) is 18.2 Å². The first-order chi connectivity index (χ1) is 8.50. The molecule has 0 saturated heterocycles. The summed E-state index contributed by atoms with van der Waals surface area (Å²) in [5.41, 5.74) is 3.15. The molecule has 4 heteroatoms. The Hall–Kier alpha value is -2.36. The van der Waals surface area contributed by atoms with Gasteiger partial charge in [-0.25, -0.2) is 4.79 Å². The number of hydrogen-bond acceptors (Lipinski definition) is 2. The van der Waals surface area contributed by atoms with Crippen LogP contribution in [-0.4, -0.2) is 21.4 Å². The van der Waals surface area contributed by atoms with Crippen LogP contribution in [0.25, 0.3) is 11.1 Å². The van der Waals surface area contributed by atoms with Crippen molar-refractivity contribution >= 4 is 11.8 Å². The van der Waals surface area contributed by atoms with Crippen LogP contribution in [-0.2, 0) is 7.05 Å². The van der Waals surface area contributed by atoms with E-state index in [9.17, 15) is 9.59 Å². The third-order valence-electron chi connectivity index (χ3n) is 2.77. The number of Topliss-reactive ketones (excluding diaryl/α,β-unsaturated/α-hetero) is 1. The Kier molecular flexibility index (Phi) is 3.02. The van der Waals surface area contributed by atoms with Gasteiger partial charge in [0.25, 0.3) is 0 Å². The number of aromatic carboxylic acids is 1. The summed E-state index contributed by atoms with van der Waals surface area (Å²) in [6.07, 6.45) is 1.56. The van der Waals surface area contributed by atoms with E-state index in [1.807, 2.05) is 0 Å². The number of carbonyl (C=O) groups is 2. The average Bonchev–Trinajstić information content (AvgIpc) is 2.74. The van der Waals surface area contributed by atoms with Crippen molar-refractivity contribution in [3.8, 4) is 11.1 Å². The molecule has 0 aliphatic heterocycles. The smallest absolute Gasteiger partial charge is 0.353 e. The first-order valence-electron chi connectivity index (χ1n) is 5.50. The van der Waals surface area contributed by atoms with Crippen molar-refractivity contribution < 1.29 is 14.7 Å². The van der Waals surface area contributed by atoms with Crippen molar-refractivity contribution in [3.63, 3.8) is 0 Å². The summed E-state index contributed by atoms with van der Waals surface area (Å²) in [7, 11) is 1.59. The van der Waals surface area contributed by atoms with Crippen LogP contribution in [0, 0.1) is 0 Å². The maximum Gasteiger partial charge on any atom is 0.353 e. The van der Waals surface area contributed by atoms with E-state index in [0.717, 1.165) is 0 Å². The van der Waals surface area contributed by atoms with Gasteiger partial charge in [-0.05, 0) is 30.2 Å². The van der Waals surface area contributed by atoms with Gasteiger partial charge in [0, 0.05) is 18.8 Å². The Morgan fingerprint density at radius 2 is 1.78 bits per heavy atom. The van der Waals surface area contributed by atoms with Crippen molar-refractivity contribution in [2.24, 2.45) is 7.05 Å². The molecular weight excluding hydrogens is 230 g/mol. The second-order valence-corrected chi connectivity index (χ2v) is 4.13. The van der Waals surface area contributed by atoms with Gasteiger partial charge in [-0.15, -0.1) is 0 Å². The molecule has 0 atom stereocenters. The first kappa shape index (κ1) is 12.1. The number of carboxylic acids is 1.